The highest BCUT2D eigenvalue weighted by Crippen LogP contribution is 2.62. The summed E-state index contributed by atoms with van der Waals surface area (Å²) in [5, 5.41) is 0. The van der Waals surface area contributed by atoms with Crippen molar-refractivity contribution in [2.24, 2.45) is 27.8 Å². The van der Waals surface area contributed by atoms with Crippen LogP contribution in [0.3, 0.4) is 0 Å². The van der Waals surface area contributed by atoms with E-state index in [2.05, 4.69) is 4.99 Å². The number of nitrogens with two attached hydrogens (primary N) is 2. The van der Waals surface area contributed by atoms with Crippen molar-refractivity contribution in [2.45, 2.75) is 62.6 Å². The second kappa shape index (κ2) is 7.38. The van der Waals surface area contributed by atoms with Gasteiger partial charge < -0.3 is 15.2 Å². The van der Waals surface area contributed by atoms with Crippen LogP contribution in [0.2, 0.25) is 0 Å². The molecule has 2 saturated carbocycles. The maximum absolute atomic E-state index is 13.9. The molecule has 7 nitrogen and oxygen atoms in total. The molecular weight excluding hydrogens is 418 g/mol. The van der Waals surface area contributed by atoms with Gasteiger partial charge in [0.25, 0.3) is 5.91 Å². The third-order valence-electron chi connectivity index (χ3n) is 7.66. The van der Waals surface area contributed by atoms with Crippen LogP contribution >= 0.6 is 0 Å². The van der Waals surface area contributed by atoms with E-state index in [1.54, 1.807) is 7.11 Å². The Morgan fingerprint density at radius 1 is 1.25 bits per heavy atom. The molecule has 1 aromatic rings. The predicted molar refractivity (Wildman–Crippen MR) is 114 cm³/mol. The molecule has 1 amide bonds. The second-order valence-corrected chi connectivity index (χ2v) is 9.80. The van der Waals surface area contributed by atoms with E-state index < -0.39 is 29.5 Å². The Bertz CT molecular complexity index is 951. The fraction of sp³-hybridized carbons (Fsp3) is 0.652. The van der Waals surface area contributed by atoms with Gasteiger partial charge in [0.1, 0.15) is 12.3 Å². The van der Waals surface area contributed by atoms with Crippen molar-refractivity contribution < 1.29 is 23.0 Å². The summed E-state index contributed by atoms with van der Waals surface area (Å²) in [5.74, 6) is 0.526. The molecule has 2 fully saturated rings. The molecule has 0 aromatic heterocycles. The van der Waals surface area contributed by atoms with Crippen molar-refractivity contribution >= 4 is 11.9 Å². The maximum Gasteiger partial charge on any atom is 0.317 e. The van der Waals surface area contributed by atoms with Gasteiger partial charge in [-0.25, -0.2) is 4.99 Å². The Labute approximate surface area is 186 Å². The number of guanidine groups is 1. The van der Waals surface area contributed by atoms with Crippen molar-refractivity contribution in [3.63, 3.8) is 0 Å². The number of halogens is 2. The van der Waals surface area contributed by atoms with Crippen molar-refractivity contribution in [1.29, 1.82) is 0 Å². The van der Waals surface area contributed by atoms with Crippen LogP contribution in [0.4, 0.5) is 8.78 Å². The quantitative estimate of drug-likeness (QED) is 0.651. The van der Waals surface area contributed by atoms with Gasteiger partial charge in [-0.3, -0.25) is 15.4 Å². The van der Waals surface area contributed by atoms with Crippen LogP contribution in [0, 0.1) is 11.3 Å². The van der Waals surface area contributed by atoms with Crippen LogP contribution in [0.25, 0.3) is 0 Å². The lowest BCUT2D eigenvalue weighted by atomic mass is 9.61. The number of alkyl halides is 2. The molecule has 0 saturated heterocycles. The van der Waals surface area contributed by atoms with Crippen LogP contribution in [0.5, 0.6) is 5.75 Å². The largest absolute Gasteiger partial charge is 0.493 e. The molecule has 1 heterocycles. The van der Waals surface area contributed by atoms with Gasteiger partial charge in [0.05, 0.1) is 12.7 Å². The van der Waals surface area contributed by atoms with E-state index in [0.29, 0.717) is 37.5 Å². The Kier molecular flexibility index (Phi) is 4.98. The summed E-state index contributed by atoms with van der Waals surface area (Å²) < 4.78 is 38.9. The molecule has 1 aliphatic heterocycles. The van der Waals surface area contributed by atoms with Gasteiger partial charge in [0.2, 0.25) is 0 Å². The van der Waals surface area contributed by atoms with Gasteiger partial charge in [-0.05, 0) is 74.1 Å². The zero-order chi connectivity index (χ0) is 22.7. The van der Waals surface area contributed by atoms with Gasteiger partial charge >= 0.3 is 6.05 Å². The molecule has 3 aliphatic carbocycles. The number of carbonyl (C=O) groups excluding carboxylic acids is 1. The Balaban J connectivity index is 1.57. The zero-order valence-electron chi connectivity index (χ0n) is 18.3. The number of amides is 1. The highest BCUT2D eigenvalue weighted by atomic mass is 19.3. The predicted octanol–water partition coefficient (Wildman–Crippen LogP) is 2.51. The van der Waals surface area contributed by atoms with E-state index in [9.17, 15) is 13.6 Å². The van der Waals surface area contributed by atoms with Gasteiger partial charge in [-0.2, -0.15) is 8.78 Å². The third-order valence-corrected chi connectivity index (χ3v) is 7.66. The number of fused-ring (bicyclic) bond motifs is 3. The summed E-state index contributed by atoms with van der Waals surface area (Å²) in [4.78, 5) is 19.4. The minimum atomic E-state index is -3.57. The fourth-order valence-corrected chi connectivity index (χ4v) is 5.80. The number of nitrogens with zero attached hydrogens (tertiary/aromatic N) is 2. The first-order valence-electron chi connectivity index (χ1n) is 11.3. The Morgan fingerprint density at radius 2 is 1.97 bits per heavy atom. The first kappa shape index (κ1) is 21.6. The van der Waals surface area contributed by atoms with E-state index >= 15 is 0 Å². The number of hydrogen-bond donors (Lipinski definition) is 2. The molecule has 0 bridgehead atoms. The topological polar surface area (TPSA) is 103 Å². The molecule has 4 aliphatic rings. The molecule has 2 spiro atoms. The van der Waals surface area contributed by atoms with E-state index in [1.165, 1.54) is 12.8 Å². The second-order valence-electron chi connectivity index (χ2n) is 9.80. The minimum Gasteiger partial charge on any atom is -0.493 e. The number of methoxy groups -OCH3 is 1. The third kappa shape index (κ3) is 3.37. The van der Waals surface area contributed by atoms with E-state index in [0.717, 1.165) is 28.9 Å². The molecule has 1 unspecified atom stereocenters. The number of carbonyl (C=O) groups is 1. The van der Waals surface area contributed by atoms with E-state index in [1.807, 2.05) is 18.2 Å². The Hall–Kier alpha value is -2.26. The molecule has 32 heavy (non-hydrogen) atoms. The lowest BCUT2D eigenvalue weighted by Crippen LogP contribution is -2.55. The van der Waals surface area contributed by atoms with Crippen molar-refractivity contribution in [3.05, 3.63) is 29.3 Å². The van der Waals surface area contributed by atoms with Crippen molar-refractivity contribution in [2.75, 3.05) is 20.3 Å². The van der Waals surface area contributed by atoms with Crippen LogP contribution in [0.15, 0.2) is 23.2 Å². The smallest absolute Gasteiger partial charge is 0.317 e. The van der Waals surface area contributed by atoms with E-state index in [-0.39, 0.29) is 12.1 Å². The lowest BCUT2D eigenvalue weighted by Gasteiger charge is -2.45. The number of ether oxygens (including phenoxy) is 2. The average molecular weight is 449 g/mol. The van der Waals surface area contributed by atoms with Crippen LogP contribution < -0.4 is 16.2 Å². The SMILES string of the molecule is COC1CCC2(CC1)Cc1ccc(OCC3CC3)cc1C21N=C(N)N(CC(N)(F)F)C1=O. The summed E-state index contributed by atoms with van der Waals surface area (Å²) in [5.41, 5.74) is 10.9. The molecule has 174 valence electrons. The van der Waals surface area contributed by atoms with Crippen molar-refractivity contribution in [1.82, 2.24) is 4.90 Å². The van der Waals surface area contributed by atoms with Crippen LogP contribution in [-0.4, -0.2) is 49.2 Å². The molecule has 1 aromatic carbocycles. The minimum absolute atomic E-state index is 0.112. The number of benzene rings is 1. The van der Waals surface area contributed by atoms with Gasteiger partial charge in [0, 0.05) is 12.5 Å². The number of hydrogen-bond acceptors (Lipinski definition) is 6. The zero-order valence-corrected chi connectivity index (χ0v) is 18.3. The highest BCUT2D eigenvalue weighted by Gasteiger charge is 2.67. The maximum atomic E-state index is 13.9. The summed E-state index contributed by atoms with van der Waals surface area (Å²) in [7, 11) is 1.69. The van der Waals surface area contributed by atoms with Gasteiger partial charge in [0.15, 0.2) is 11.5 Å². The average Bonchev–Trinajstić information content (AvgIpc) is 3.50. The van der Waals surface area contributed by atoms with Crippen LogP contribution in [0.1, 0.15) is 49.7 Å². The molecule has 1 atom stereocenters. The molecule has 0 radical (unpaired) electrons. The van der Waals surface area contributed by atoms with E-state index in [4.69, 9.17) is 20.9 Å². The molecule has 4 N–H and O–H groups in total. The fourth-order valence-electron chi connectivity index (χ4n) is 5.80. The lowest BCUT2D eigenvalue weighted by molar-refractivity contribution is -0.141. The monoisotopic (exact) mass is 448 g/mol. The van der Waals surface area contributed by atoms with Gasteiger partial charge in [-0.1, -0.05) is 6.07 Å². The summed E-state index contributed by atoms with van der Waals surface area (Å²) in [6.07, 6.45) is 6.00. The van der Waals surface area contributed by atoms with Crippen molar-refractivity contribution in [3.8, 4) is 5.75 Å². The molecule has 9 heteroatoms. The summed E-state index contributed by atoms with van der Waals surface area (Å²) in [6.45, 7) is -0.357. The summed E-state index contributed by atoms with van der Waals surface area (Å²) >= 11 is 0. The van der Waals surface area contributed by atoms with Gasteiger partial charge in [-0.15, -0.1) is 0 Å². The number of aliphatic imine (C=N–C) groups is 1. The number of rotatable bonds is 6. The molecular formula is C23H30F2N4O3. The normalized spacial score (nSPS) is 32.0. The standard InChI is InChI=1S/C23H30F2N4O3/c1-31-16-6-8-21(9-7-16)11-15-4-5-17(32-12-14-2-3-14)10-18(15)23(21)19(30)29(20(26)28-23)13-22(24,25)27/h4-5,10,14,16H,2-3,6-9,11-13,27H2,1H3,(H2,26,28). The summed E-state index contributed by atoms with van der Waals surface area (Å²) in [6, 6.07) is 2.20. The first-order chi connectivity index (χ1) is 15.2. The van der Waals surface area contributed by atoms with Crippen LogP contribution in [-0.2, 0) is 21.5 Å². The highest BCUT2D eigenvalue weighted by molar-refractivity contribution is 6.08. The Morgan fingerprint density at radius 3 is 2.59 bits per heavy atom. The first-order valence-corrected chi connectivity index (χ1v) is 11.3. The molecule has 5 rings (SSSR count).